The van der Waals surface area contributed by atoms with Crippen LogP contribution in [0.25, 0.3) is 0 Å². The van der Waals surface area contributed by atoms with E-state index < -0.39 is 0 Å². The summed E-state index contributed by atoms with van der Waals surface area (Å²) in [6.07, 6.45) is 19.1. The molecule has 0 bridgehead atoms. The maximum Gasteiger partial charge on any atom is 0.310 e. The van der Waals surface area contributed by atoms with Gasteiger partial charge in [-0.2, -0.15) is 0 Å². The molecule has 4 nitrogen and oxygen atoms in total. The number of carbonyl (C=O) groups is 2. The summed E-state index contributed by atoms with van der Waals surface area (Å²) in [6.45, 7) is 5.33. The van der Waals surface area contributed by atoms with Crippen molar-refractivity contribution >= 4 is 11.9 Å². The van der Waals surface area contributed by atoms with Crippen LogP contribution in [0.2, 0.25) is 0 Å². The Morgan fingerprint density at radius 2 is 1.00 bits per heavy atom. The molecule has 0 spiro atoms. The number of carbonyl (C=O) groups excluding carboxylic acids is 2. The Kier molecular flexibility index (Phi) is 14.7. The molecule has 0 radical (unpaired) electrons. The Morgan fingerprint density at radius 3 is 1.39 bits per heavy atom. The minimum atomic E-state index is -0.387. The molecule has 0 heterocycles. The first-order chi connectivity index (χ1) is 13.7. The van der Waals surface area contributed by atoms with E-state index in [-0.39, 0.29) is 23.8 Å². The second-order valence-electron chi connectivity index (χ2n) is 8.03. The fourth-order valence-electron chi connectivity index (χ4n) is 3.66. The quantitative estimate of drug-likeness (QED) is 0.173. The fourth-order valence-corrected chi connectivity index (χ4v) is 3.66. The summed E-state index contributed by atoms with van der Waals surface area (Å²) in [5.74, 6) is -1.25. The number of hydrogen-bond acceptors (Lipinski definition) is 4. The van der Waals surface area contributed by atoms with Crippen molar-refractivity contribution in [2.75, 3.05) is 13.2 Å². The SMILES string of the molecule is CCCCCCCCOC(=O)C1CC=CCC1C(=O)OCCCCCCCC. The summed E-state index contributed by atoms with van der Waals surface area (Å²) in [6, 6.07) is 0. The topological polar surface area (TPSA) is 52.6 Å². The summed E-state index contributed by atoms with van der Waals surface area (Å²) >= 11 is 0. The summed E-state index contributed by atoms with van der Waals surface area (Å²) in [4.78, 5) is 24.9. The number of unbranched alkanes of at least 4 members (excludes halogenated alkanes) is 10. The number of ether oxygens (including phenoxy) is 2. The third-order valence-corrected chi connectivity index (χ3v) is 5.52. The van der Waals surface area contributed by atoms with E-state index in [0.29, 0.717) is 26.1 Å². The van der Waals surface area contributed by atoms with E-state index in [9.17, 15) is 9.59 Å². The Bertz CT molecular complexity index is 404. The van der Waals surface area contributed by atoms with Crippen molar-refractivity contribution in [2.24, 2.45) is 11.8 Å². The van der Waals surface area contributed by atoms with Crippen LogP contribution in [0.5, 0.6) is 0 Å². The van der Waals surface area contributed by atoms with Gasteiger partial charge >= 0.3 is 11.9 Å². The van der Waals surface area contributed by atoms with Crippen LogP contribution in [0.4, 0.5) is 0 Å². The third kappa shape index (κ3) is 10.9. The summed E-state index contributed by atoms with van der Waals surface area (Å²) in [5, 5.41) is 0. The van der Waals surface area contributed by atoms with E-state index in [1.165, 1.54) is 51.4 Å². The van der Waals surface area contributed by atoms with Gasteiger partial charge in [0.15, 0.2) is 0 Å². The molecule has 0 aromatic heterocycles. The first kappa shape index (κ1) is 24.7. The second-order valence-corrected chi connectivity index (χ2v) is 8.03. The lowest BCUT2D eigenvalue weighted by molar-refractivity contribution is -0.161. The van der Waals surface area contributed by atoms with Gasteiger partial charge in [0.1, 0.15) is 0 Å². The van der Waals surface area contributed by atoms with Gasteiger partial charge in [0.2, 0.25) is 0 Å². The molecule has 0 N–H and O–H groups in total. The molecule has 2 unspecified atom stereocenters. The van der Waals surface area contributed by atoms with Crippen LogP contribution in [0.3, 0.4) is 0 Å². The Morgan fingerprint density at radius 1 is 0.643 bits per heavy atom. The second kappa shape index (κ2) is 16.6. The minimum Gasteiger partial charge on any atom is -0.465 e. The van der Waals surface area contributed by atoms with Crippen molar-refractivity contribution < 1.29 is 19.1 Å². The molecule has 1 aliphatic rings. The maximum atomic E-state index is 12.5. The predicted molar refractivity (Wildman–Crippen MR) is 114 cm³/mol. The minimum absolute atomic E-state index is 0.237. The van der Waals surface area contributed by atoms with Gasteiger partial charge in [0, 0.05) is 0 Å². The lowest BCUT2D eigenvalue weighted by Crippen LogP contribution is -2.34. The molecule has 162 valence electrons. The Labute approximate surface area is 172 Å². The molecule has 1 rings (SSSR count). The van der Waals surface area contributed by atoms with E-state index in [2.05, 4.69) is 13.8 Å². The average Bonchev–Trinajstić information content (AvgIpc) is 2.72. The van der Waals surface area contributed by atoms with Gasteiger partial charge in [0.25, 0.3) is 0 Å². The molecule has 0 saturated carbocycles. The van der Waals surface area contributed by atoms with E-state index >= 15 is 0 Å². The highest BCUT2D eigenvalue weighted by molar-refractivity contribution is 5.82. The van der Waals surface area contributed by atoms with Crippen molar-refractivity contribution in [3.8, 4) is 0 Å². The predicted octanol–water partition coefficient (Wildman–Crippen LogP) is 6.38. The molecule has 0 amide bonds. The normalized spacial score (nSPS) is 18.8. The zero-order valence-corrected chi connectivity index (χ0v) is 18.3. The van der Waals surface area contributed by atoms with E-state index in [1.807, 2.05) is 12.2 Å². The molecular formula is C24H42O4. The van der Waals surface area contributed by atoms with Crippen LogP contribution in [0.15, 0.2) is 12.2 Å². The molecule has 0 aliphatic heterocycles. The standard InChI is InChI=1S/C24H42O4/c1-3-5-7-9-11-15-19-27-23(25)21-17-13-14-18-22(21)24(26)28-20-16-12-10-8-6-4-2/h13-14,21-22H,3-12,15-20H2,1-2H3. The molecule has 0 aromatic rings. The van der Waals surface area contributed by atoms with Crippen molar-refractivity contribution in [3.05, 3.63) is 12.2 Å². The lowest BCUT2D eigenvalue weighted by Gasteiger charge is -2.25. The van der Waals surface area contributed by atoms with Gasteiger partial charge in [-0.25, -0.2) is 0 Å². The van der Waals surface area contributed by atoms with Crippen molar-refractivity contribution in [1.82, 2.24) is 0 Å². The largest absolute Gasteiger partial charge is 0.465 e. The molecule has 28 heavy (non-hydrogen) atoms. The first-order valence-electron chi connectivity index (χ1n) is 11.7. The van der Waals surface area contributed by atoms with Gasteiger partial charge in [-0.15, -0.1) is 0 Å². The molecule has 0 fully saturated rings. The summed E-state index contributed by atoms with van der Waals surface area (Å²) < 4.78 is 10.9. The molecular weight excluding hydrogens is 352 g/mol. The maximum absolute atomic E-state index is 12.5. The van der Waals surface area contributed by atoms with Crippen LogP contribution < -0.4 is 0 Å². The summed E-state index contributed by atoms with van der Waals surface area (Å²) in [7, 11) is 0. The van der Waals surface area contributed by atoms with E-state index in [1.54, 1.807) is 0 Å². The Hall–Kier alpha value is -1.32. The van der Waals surface area contributed by atoms with E-state index in [4.69, 9.17) is 9.47 Å². The van der Waals surface area contributed by atoms with Crippen LogP contribution in [0, 0.1) is 11.8 Å². The van der Waals surface area contributed by atoms with Crippen LogP contribution in [0.1, 0.15) is 104 Å². The smallest absolute Gasteiger partial charge is 0.310 e. The monoisotopic (exact) mass is 394 g/mol. The van der Waals surface area contributed by atoms with Crippen LogP contribution >= 0.6 is 0 Å². The van der Waals surface area contributed by atoms with E-state index in [0.717, 1.165) is 25.7 Å². The highest BCUT2D eigenvalue weighted by Gasteiger charge is 2.36. The highest BCUT2D eigenvalue weighted by atomic mass is 16.5. The molecule has 1 aliphatic carbocycles. The van der Waals surface area contributed by atoms with Crippen molar-refractivity contribution in [3.63, 3.8) is 0 Å². The van der Waals surface area contributed by atoms with Gasteiger partial charge < -0.3 is 9.47 Å². The van der Waals surface area contributed by atoms with Gasteiger partial charge in [-0.3, -0.25) is 9.59 Å². The first-order valence-corrected chi connectivity index (χ1v) is 11.7. The van der Waals surface area contributed by atoms with Crippen molar-refractivity contribution in [1.29, 1.82) is 0 Å². The average molecular weight is 395 g/mol. The zero-order valence-electron chi connectivity index (χ0n) is 18.3. The van der Waals surface area contributed by atoms with Gasteiger partial charge in [0.05, 0.1) is 25.0 Å². The van der Waals surface area contributed by atoms with Crippen LogP contribution in [-0.2, 0) is 19.1 Å². The molecule has 2 atom stereocenters. The Balaban J connectivity index is 2.24. The molecule has 0 aromatic carbocycles. The highest BCUT2D eigenvalue weighted by Crippen LogP contribution is 2.28. The van der Waals surface area contributed by atoms with Gasteiger partial charge in [-0.1, -0.05) is 90.2 Å². The van der Waals surface area contributed by atoms with Gasteiger partial charge in [-0.05, 0) is 25.7 Å². The molecule has 0 saturated heterocycles. The number of rotatable bonds is 16. The number of hydrogen-bond donors (Lipinski definition) is 0. The summed E-state index contributed by atoms with van der Waals surface area (Å²) in [5.41, 5.74) is 0. The number of allylic oxidation sites excluding steroid dienone is 2. The zero-order chi connectivity index (χ0) is 20.5. The number of esters is 2. The van der Waals surface area contributed by atoms with Crippen molar-refractivity contribution in [2.45, 2.75) is 104 Å². The van der Waals surface area contributed by atoms with Crippen LogP contribution in [-0.4, -0.2) is 25.2 Å². The fraction of sp³-hybridized carbons (Fsp3) is 0.833. The lowest BCUT2D eigenvalue weighted by atomic mass is 9.83. The molecule has 4 heteroatoms. The third-order valence-electron chi connectivity index (χ3n) is 5.52.